The number of halogens is 1. The van der Waals surface area contributed by atoms with Gasteiger partial charge in [0.05, 0.1) is 16.3 Å². The molecule has 3 rings (SSSR count). The maximum atomic E-state index is 12.2. The van der Waals surface area contributed by atoms with Gasteiger partial charge in [0.25, 0.3) is 5.91 Å². The molecule has 1 aliphatic rings. The molecule has 0 atom stereocenters. The standard InChI is InChI=1S/C21H23ClN2O/c1-15(23-24-21(25)19-9-5-6-10-20(19)22)16-11-13-18(14-12-16)17-7-3-2-4-8-17/h5-6,9-14,17H,2-4,7-8H2,1H3,(H,24,25). The maximum absolute atomic E-state index is 12.2. The Kier molecular flexibility index (Phi) is 5.87. The lowest BCUT2D eigenvalue weighted by Crippen LogP contribution is -2.19. The van der Waals surface area contributed by atoms with Crippen LogP contribution >= 0.6 is 11.6 Å². The molecule has 1 fully saturated rings. The summed E-state index contributed by atoms with van der Waals surface area (Å²) >= 11 is 6.03. The normalized spacial score (nSPS) is 15.8. The molecule has 3 nitrogen and oxygen atoms in total. The fourth-order valence-electron chi connectivity index (χ4n) is 3.34. The van der Waals surface area contributed by atoms with Crippen molar-refractivity contribution in [3.05, 3.63) is 70.2 Å². The van der Waals surface area contributed by atoms with Gasteiger partial charge in [-0.05, 0) is 48.9 Å². The molecule has 0 aliphatic heterocycles. The lowest BCUT2D eigenvalue weighted by atomic mass is 9.84. The smallest absolute Gasteiger partial charge is 0.267 e. The lowest BCUT2D eigenvalue weighted by molar-refractivity contribution is 0.0955. The molecule has 1 amide bonds. The Labute approximate surface area is 154 Å². The molecule has 0 spiro atoms. The van der Waals surface area contributed by atoms with Gasteiger partial charge < -0.3 is 0 Å². The van der Waals surface area contributed by atoms with Crippen LogP contribution in [-0.2, 0) is 0 Å². The Morgan fingerprint density at radius 3 is 2.40 bits per heavy atom. The van der Waals surface area contributed by atoms with Crippen molar-refractivity contribution >= 4 is 23.2 Å². The predicted molar refractivity (Wildman–Crippen MR) is 103 cm³/mol. The van der Waals surface area contributed by atoms with Crippen LogP contribution in [-0.4, -0.2) is 11.6 Å². The Bertz CT molecular complexity index is 762. The molecule has 1 aliphatic carbocycles. The van der Waals surface area contributed by atoms with Crippen LogP contribution in [0.25, 0.3) is 0 Å². The summed E-state index contributed by atoms with van der Waals surface area (Å²) in [4.78, 5) is 12.2. The number of hydrogen-bond acceptors (Lipinski definition) is 2. The van der Waals surface area contributed by atoms with Crippen LogP contribution in [0.15, 0.2) is 53.6 Å². The summed E-state index contributed by atoms with van der Waals surface area (Å²) in [6.07, 6.45) is 6.62. The van der Waals surface area contributed by atoms with Gasteiger partial charge in [0, 0.05) is 0 Å². The summed E-state index contributed by atoms with van der Waals surface area (Å²) in [6, 6.07) is 15.5. The van der Waals surface area contributed by atoms with Gasteiger partial charge in [0.1, 0.15) is 0 Å². The summed E-state index contributed by atoms with van der Waals surface area (Å²) < 4.78 is 0. The first-order chi connectivity index (χ1) is 12.1. The van der Waals surface area contributed by atoms with Crippen molar-refractivity contribution in [2.75, 3.05) is 0 Å². The number of hydrogen-bond donors (Lipinski definition) is 1. The summed E-state index contributed by atoms with van der Waals surface area (Å²) in [7, 11) is 0. The second kappa shape index (κ2) is 8.30. The Balaban J connectivity index is 1.66. The van der Waals surface area contributed by atoms with Crippen molar-refractivity contribution in [1.29, 1.82) is 0 Å². The summed E-state index contributed by atoms with van der Waals surface area (Å²) in [6.45, 7) is 1.89. The van der Waals surface area contributed by atoms with Gasteiger partial charge in [0.15, 0.2) is 0 Å². The number of nitrogens with zero attached hydrogens (tertiary/aromatic N) is 1. The second-order valence-electron chi connectivity index (χ2n) is 6.57. The Morgan fingerprint density at radius 1 is 1.04 bits per heavy atom. The third-order valence-corrected chi connectivity index (χ3v) is 5.18. The molecular weight excluding hydrogens is 332 g/mol. The van der Waals surface area contributed by atoms with E-state index in [0.717, 1.165) is 11.3 Å². The number of nitrogens with one attached hydrogen (secondary N) is 1. The largest absolute Gasteiger partial charge is 0.272 e. The number of rotatable bonds is 4. The zero-order valence-electron chi connectivity index (χ0n) is 14.5. The first-order valence-corrected chi connectivity index (χ1v) is 9.22. The zero-order valence-corrected chi connectivity index (χ0v) is 15.2. The van der Waals surface area contributed by atoms with Crippen LogP contribution < -0.4 is 5.43 Å². The minimum atomic E-state index is -0.302. The average Bonchev–Trinajstić information content (AvgIpc) is 2.67. The SMILES string of the molecule is CC(=NNC(=O)c1ccccc1Cl)c1ccc(C2CCCCC2)cc1. The van der Waals surface area contributed by atoms with Crippen LogP contribution in [0, 0.1) is 0 Å². The third kappa shape index (κ3) is 4.49. The van der Waals surface area contributed by atoms with Crippen molar-refractivity contribution in [3.8, 4) is 0 Å². The van der Waals surface area contributed by atoms with Crippen LogP contribution in [0.1, 0.15) is 66.4 Å². The first-order valence-electron chi connectivity index (χ1n) is 8.84. The molecular formula is C21H23ClN2O. The van der Waals surface area contributed by atoms with E-state index in [2.05, 4.69) is 34.8 Å². The molecule has 0 unspecified atom stereocenters. The van der Waals surface area contributed by atoms with E-state index in [-0.39, 0.29) is 5.91 Å². The number of carbonyl (C=O) groups is 1. The fourth-order valence-corrected chi connectivity index (χ4v) is 3.56. The highest BCUT2D eigenvalue weighted by Crippen LogP contribution is 2.32. The third-order valence-electron chi connectivity index (χ3n) is 4.85. The van der Waals surface area contributed by atoms with Gasteiger partial charge in [-0.25, -0.2) is 5.43 Å². The highest BCUT2D eigenvalue weighted by molar-refractivity contribution is 6.33. The maximum Gasteiger partial charge on any atom is 0.272 e. The van der Waals surface area contributed by atoms with E-state index in [1.807, 2.05) is 6.92 Å². The highest BCUT2D eigenvalue weighted by Gasteiger charge is 2.15. The van der Waals surface area contributed by atoms with E-state index >= 15 is 0 Å². The Morgan fingerprint density at radius 2 is 1.72 bits per heavy atom. The first kappa shape index (κ1) is 17.7. The van der Waals surface area contributed by atoms with E-state index in [0.29, 0.717) is 16.5 Å². The number of hydrazone groups is 1. The molecule has 0 saturated heterocycles. The van der Waals surface area contributed by atoms with Gasteiger partial charge in [-0.1, -0.05) is 67.3 Å². The van der Waals surface area contributed by atoms with Gasteiger partial charge in [0.2, 0.25) is 0 Å². The average molecular weight is 355 g/mol. The van der Waals surface area contributed by atoms with Crippen LogP contribution in [0.3, 0.4) is 0 Å². The Hall–Kier alpha value is -2.13. The molecule has 2 aromatic rings. The van der Waals surface area contributed by atoms with E-state index in [1.165, 1.54) is 37.7 Å². The van der Waals surface area contributed by atoms with Crippen LogP contribution in [0.5, 0.6) is 0 Å². The summed E-state index contributed by atoms with van der Waals surface area (Å²) in [5, 5.41) is 4.63. The van der Waals surface area contributed by atoms with Crippen LogP contribution in [0.2, 0.25) is 5.02 Å². The zero-order chi connectivity index (χ0) is 17.6. The molecule has 4 heteroatoms. The topological polar surface area (TPSA) is 41.5 Å². The highest BCUT2D eigenvalue weighted by atomic mass is 35.5. The molecule has 130 valence electrons. The second-order valence-corrected chi connectivity index (χ2v) is 6.98. The molecule has 1 N–H and O–H groups in total. The molecule has 0 aromatic heterocycles. The quantitative estimate of drug-likeness (QED) is 0.568. The minimum Gasteiger partial charge on any atom is -0.267 e. The van der Waals surface area contributed by atoms with Gasteiger partial charge in [-0.15, -0.1) is 0 Å². The predicted octanol–water partition coefficient (Wildman–Crippen LogP) is 5.54. The summed E-state index contributed by atoms with van der Waals surface area (Å²) in [5.74, 6) is 0.392. The molecule has 2 aromatic carbocycles. The lowest BCUT2D eigenvalue weighted by Gasteiger charge is -2.22. The van der Waals surface area contributed by atoms with Gasteiger partial charge in [-0.2, -0.15) is 5.10 Å². The van der Waals surface area contributed by atoms with Crippen molar-refractivity contribution in [2.24, 2.45) is 5.10 Å². The molecule has 1 saturated carbocycles. The molecule has 0 bridgehead atoms. The van der Waals surface area contributed by atoms with Gasteiger partial charge >= 0.3 is 0 Å². The number of benzene rings is 2. The van der Waals surface area contributed by atoms with Crippen molar-refractivity contribution in [3.63, 3.8) is 0 Å². The molecule has 0 radical (unpaired) electrons. The van der Waals surface area contributed by atoms with E-state index < -0.39 is 0 Å². The van der Waals surface area contributed by atoms with Crippen molar-refractivity contribution in [1.82, 2.24) is 5.43 Å². The van der Waals surface area contributed by atoms with E-state index in [1.54, 1.807) is 24.3 Å². The molecule has 25 heavy (non-hydrogen) atoms. The summed E-state index contributed by atoms with van der Waals surface area (Å²) in [5.41, 5.74) is 6.20. The fraction of sp³-hybridized carbons (Fsp3) is 0.333. The van der Waals surface area contributed by atoms with Gasteiger partial charge in [-0.3, -0.25) is 4.79 Å². The monoisotopic (exact) mass is 354 g/mol. The van der Waals surface area contributed by atoms with Crippen LogP contribution in [0.4, 0.5) is 0 Å². The minimum absolute atomic E-state index is 0.302. The van der Waals surface area contributed by atoms with E-state index in [4.69, 9.17) is 11.6 Å². The number of amides is 1. The van der Waals surface area contributed by atoms with Crippen molar-refractivity contribution in [2.45, 2.75) is 44.9 Å². The van der Waals surface area contributed by atoms with E-state index in [9.17, 15) is 4.79 Å². The molecule has 0 heterocycles. The number of carbonyl (C=O) groups excluding carboxylic acids is 1. The van der Waals surface area contributed by atoms with Crippen molar-refractivity contribution < 1.29 is 4.79 Å².